The van der Waals surface area contributed by atoms with Crippen LogP contribution in [0.3, 0.4) is 0 Å². The third-order valence-electron chi connectivity index (χ3n) is 4.92. The third kappa shape index (κ3) is 5.66. The molecule has 2 aromatic rings. The van der Waals surface area contributed by atoms with Crippen molar-refractivity contribution in [2.75, 3.05) is 18.4 Å². The number of carbonyl (C=O) groups is 2. The number of amides is 3. The van der Waals surface area contributed by atoms with E-state index in [1.54, 1.807) is 22.5 Å². The Morgan fingerprint density at radius 3 is 2.64 bits per heavy atom. The highest BCUT2D eigenvalue weighted by molar-refractivity contribution is 7.13. The number of rotatable bonds is 6. The van der Waals surface area contributed by atoms with Gasteiger partial charge in [0.15, 0.2) is 0 Å². The average molecular weight is 404 g/mol. The highest BCUT2D eigenvalue weighted by Gasteiger charge is 2.28. The Morgan fingerprint density at radius 2 is 2.00 bits per heavy atom. The normalized spacial score (nSPS) is 15.8. The number of aryl methyl sites for hydroxylation is 1. The molecule has 1 fully saturated rings. The van der Waals surface area contributed by atoms with E-state index in [9.17, 15) is 14.7 Å². The van der Waals surface area contributed by atoms with Crippen LogP contribution in [0.25, 0.3) is 0 Å². The molecule has 0 saturated carbocycles. The van der Waals surface area contributed by atoms with Crippen LogP contribution in [0, 0.1) is 5.92 Å². The van der Waals surface area contributed by atoms with Gasteiger partial charge in [0.1, 0.15) is 11.3 Å². The molecule has 0 bridgehead atoms. The van der Waals surface area contributed by atoms with Gasteiger partial charge in [-0.1, -0.05) is 23.5 Å². The summed E-state index contributed by atoms with van der Waals surface area (Å²) in [6.07, 6.45) is 2.92. The molecule has 0 spiro atoms. The van der Waals surface area contributed by atoms with E-state index < -0.39 is 0 Å². The van der Waals surface area contributed by atoms with Crippen molar-refractivity contribution in [1.29, 1.82) is 0 Å². The molecule has 28 heavy (non-hydrogen) atoms. The molecule has 0 radical (unpaired) electrons. The van der Waals surface area contributed by atoms with Crippen molar-refractivity contribution in [1.82, 2.24) is 20.4 Å². The summed E-state index contributed by atoms with van der Waals surface area (Å²) in [6, 6.07) is 7.08. The number of likely N-dealkylation sites (tertiary alicyclic amines) is 1. The largest absolute Gasteiger partial charge is 0.508 e. The number of benzene rings is 1. The van der Waals surface area contributed by atoms with Gasteiger partial charge < -0.3 is 20.6 Å². The third-order valence-corrected chi connectivity index (χ3v) is 5.52. The lowest BCUT2D eigenvalue weighted by Gasteiger charge is -2.32. The van der Waals surface area contributed by atoms with Crippen LogP contribution in [0.2, 0.25) is 0 Å². The smallest absolute Gasteiger partial charge is 0.317 e. The van der Waals surface area contributed by atoms with Gasteiger partial charge in [-0.25, -0.2) is 4.79 Å². The first-order valence-electron chi connectivity index (χ1n) is 9.41. The minimum absolute atomic E-state index is 0.0414. The first kappa shape index (κ1) is 20.1. The maximum atomic E-state index is 12.5. The summed E-state index contributed by atoms with van der Waals surface area (Å²) in [5.41, 5.74) is 2.70. The number of aromatic nitrogens is 2. The number of urea groups is 1. The Balaban J connectivity index is 1.38. The maximum absolute atomic E-state index is 12.5. The lowest BCUT2D eigenvalue weighted by atomic mass is 9.96. The lowest BCUT2D eigenvalue weighted by Crippen LogP contribution is -2.48. The number of nitrogens with zero attached hydrogens (tertiary/aromatic N) is 3. The van der Waals surface area contributed by atoms with Crippen molar-refractivity contribution in [3.8, 4) is 5.75 Å². The van der Waals surface area contributed by atoms with Gasteiger partial charge in [0.2, 0.25) is 11.0 Å². The Morgan fingerprint density at radius 1 is 1.29 bits per heavy atom. The molecule has 1 atom stereocenters. The Hall–Kier alpha value is -2.68. The second kappa shape index (κ2) is 9.50. The lowest BCUT2D eigenvalue weighted by molar-refractivity contribution is -0.121. The van der Waals surface area contributed by atoms with E-state index in [1.165, 1.54) is 11.3 Å². The first-order chi connectivity index (χ1) is 13.5. The fraction of sp³-hybridized carbons (Fsp3) is 0.474. The fourth-order valence-corrected chi connectivity index (χ4v) is 3.65. The van der Waals surface area contributed by atoms with Crippen molar-refractivity contribution >= 4 is 28.4 Å². The van der Waals surface area contributed by atoms with E-state index in [2.05, 4.69) is 20.8 Å². The van der Waals surface area contributed by atoms with E-state index in [0.717, 1.165) is 18.4 Å². The standard InChI is InChI=1S/C19H25N5O3S/c1-13(2-3-14-4-6-16(25)7-5-14)21-19(27)24-10-8-15(9-11-24)17(26)22-18-23-20-12-28-18/h4-7,12-13,15,25H,2-3,8-11H2,1H3,(H,21,27)(H,22,23,26). The molecule has 1 unspecified atom stereocenters. The van der Waals surface area contributed by atoms with E-state index in [4.69, 9.17) is 0 Å². The molecule has 150 valence electrons. The van der Waals surface area contributed by atoms with Crippen LogP contribution in [0.1, 0.15) is 31.7 Å². The maximum Gasteiger partial charge on any atom is 0.317 e. The van der Waals surface area contributed by atoms with Gasteiger partial charge >= 0.3 is 6.03 Å². The molecular weight excluding hydrogens is 378 g/mol. The number of hydrogen-bond donors (Lipinski definition) is 3. The first-order valence-corrected chi connectivity index (χ1v) is 10.3. The van der Waals surface area contributed by atoms with Crippen molar-refractivity contribution in [2.45, 2.75) is 38.6 Å². The molecule has 0 aliphatic carbocycles. The summed E-state index contributed by atoms with van der Waals surface area (Å²) in [5, 5.41) is 23.2. The van der Waals surface area contributed by atoms with Crippen LogP contribution < -0.4 is 10.6 Å². The number of carbonyl (C=O) groups excluding carboxylic acids is 2. The molecule has 1 saturated heterocycles. The minimum Gasteiger partial charge on any atom is -0.508 e. The van der Waals surface area contributed by atoms with E-state index >= 15 is 0 Å². The topological polar surface area (TPSA) is 107 Å². The van der Waals surface area contributed by atoms with Crippen molar-refractivity contribution < 1.29 is 14.7 Å². The van der Waals surface area contributed by atoms with Crippen LogP contribution >= 0.6 is 11.3 Å². The predicted octanol–water partition coefficient (Wildman–Crippen LogP) is 2.63. The molecule has 1 aliphatic rings. The average Bonchev–Trinajstić information content (AvgIpc) is 3.20. The van der Waals surface area contributed by atoms with E-state index in [1.807, 2.05) is 19.1 Å². The van der Waals surface area contributed by atoms with E-state index in [0.29, 0.717) is 31.1 Å². The van der Waals surface area contributed by atoms with Gasteiger partial charge in [0.25, 0.3) is 0 Å². The number of aromatic hydroxyl groups is 1. The molecule has 8 nitrogen and oxygen atoms in total. The van der Waals surface area contributed by atoms with Crippen molar-refractivity contribution in [3.63, 3.8) is 0 Å². The highest BCUT2D eigenvalue weighted by atomic mass is 32.1. The molecule has 3 N–H and O–H groups in total. The summed E-state index contributed by atoms with van der Waals surface area (Å²) in [4.78, 5) is 26.5. The minimum atomic E-state index is -0.111. The second-order valence-electron chi connectivity index (χ2n) is 7.05. The number of phenolic OH excluding ortho intramolecular Hbond substituents is 1. The van der Waals surface area contributed by atoms with E-state index in [-0.39, 0.29) is 29.6 Å². The Bertz CT molecular complexity index is 773. The van der Waals surface area contributed by atoms with Crippen molar-refractivity contribution in [3.05, 3.63) is 35.3 Å². The SMILES string of the molecule is CC(CCc1ccc(O)cc1)NC(=O)N1CCC(C(=O)Nc2nncs2)CC1. The summed E-state index contributed by atoms with van der Waals surface area (Å²) >= 11 is 1.29. The summed E-state index contributed by atoms with van der Waals surface area (Å²) in [6.45, 7) is 3.11. The van der Waals surface area contributed by atoms with Gasteiger partial charge in [-0.05, 0) is 50.3 Å². The zero-order chi connectivity index (χ0) is 19.9. The summed E-state index contributed by atoms with van der Waals surface area (Å²) in [5.74, 6) is 0.0875. The predicted molar refractivity (Wildman–Crippen MR) is 107 cm³/mol. The van der Waals surface area contributed by atoms with Crippen LogP contribution in [0.5, 0.6) is 5.75 Å². The Labute approximate surface area is 168 Å². The molecule has 1 aromatic carbocycles. The number of anilines is 1. The molecular formula is C19H25N5O3S. The summed E-state index contributed by atoms with van der Waals surface area (Å²) < 4.78 is 0. The zero-order valence-electron chi connectivity index (χ0n) is 15.8. The number of nitrogens with one attached hydrogen (secondary N) is 2. The molecule has 9 heteroatoms. The summed E-state index contributed by atoms with van der Waals surface area (Å²) in [7, 11) is 0. The van der Waals surface area contributed by atoms with Crippen LogP contribution in [0.15, 0.2) is 29.8 Å². The van der Waals surface area contributed by atoms with Crippen LogP contribution in [-0.2, 0) is 11.2 Å². The van der Waals surface area contributed by atoms with Gasteiger partial charge in [0, 0.05) is 25.0 Å². The monoisotopic (exact) mass is 403 g/mol. The number of piperidine rings is 1. The fourth-order valence-electron chi connectivity index (χ4n) is 3.20. The molecule has 1 aliphatic heterocycles. The number of phenols is 1. The quantitative estimate of drug-likeness (QED) is 0.687. The van der Waals surface area contributed by atoms with Gasteiger partial charge in [0.05, 0.1) is 0 Å². The van der Waals surface area contributed by atoms with Crippen LogP contribution in [-0.4, -0.2) is 51.3 Å². The molecule has 2 heterocycles. The van der Waals surface area contributed by atoms with Crippen LogP contribution in [0.4, 0.5) is 9.93 Å². The molecule has 3 rings (SSSR count). The number of hydrogen-bond acceptors (Lipinski definition) is 6. The highest BCUT2D eigenvalue weighted by Crippen LogP contribution is 2.20. The van der Waals surface area contributed by atoms with Gasteiger partial charge in [-0.15, -0.1) is 10.2 Å². The second-order valence-corrected chi connectivity index (χ2v) is 7.88. The zero-order valence-corrected chi connectivity index (χ0v) is 16.6. The van der Waals surface area contributed by atoms with Gasteiger partial charge in [-0.2, -0.15) is 0 Å². The Kier molecular flexibility index (Phi) is 6.80. The molecule has 1 aromatic heterocycles. The van der Waals surface area contributed by atoms with Gasteiger partial charge in [-0.3, -0.25) is 4.79 Å². The molecule has 3 amide bonds. The van der Waals surface area contributed by atoms with Crippen molar-refractivity contribution in [2.24, 2.45) is 5.92 Å².